The zero-order chi connectivity index (χ0) is 13.0. The molecule has 0 aromatic heterocycles. The van der Waals surface area contributed by atoms with E-state index < -0.39 is 0 Å². The molecule has 1 aliphatic carbocycles. The Bertz CT molecular complexity index is 377. The second-order valence-electron chi connectivity index (χ2n) is 5.33. The van der Waals surface area contributed by atoms with Crippen LogP contribution in [0.1, 0.15) is 39.0 Å². The predicted molar refractivity (Wildman–Crippen MR) is 76.1 cm³/mol. The summed E-state index contributed by atoms with van der Waals surface area (Å²) in [4.78, 5) is 0. The number of hydrogen-bond acceptors (Lipinski definition) is 2. The maximum atomic E-state index is 6.22. The molecule has 0 radical (unpaired) electrons. The molecule has 0 bridgehead atoms. The molecule has 0 saturated heterocycles. The van der Waals surface area contributed by atoms with E-state index in [9.17, 15) is 0 Å². The first-order chi connectivity index (χ1) is 8.65. The minimum Gasteiger partial charge on any atom is -0.489 e. The number of rotatable bonds is 5. The van der Waals surface area contributed by atoms with Crippen molar-refractivity contribution in [3.63, 3.8) is 0 Å². The molecular weight excluding hydrogens is 246 g/mol. The van der Waals surface area contributed by atoms with E-state index in [1.165, 1.54) is 25.7 Å². The second kappa shape index (κ2) is 6.44. The summed E-state index contributed by atoms with van der Waals surface area (Å²) in [6, 6.07) is 7.60. The molecule has 1 aromatic rings. The topological polar surface area (TPSA) is 35.2 Å². The predicted octanol–water partition coefficient (Wildman–Crippen LogP) is 4.01. The SMILES string of the molecule is CC(Oc1cccc(Cl)c1)C(N)CC1CCCC1. The van der Waals surface area contributed by atoms with Gasteiger partial charge in [-0.1, -0.05) is 43.4 Å². The summed E-state index contributed by atoms with van der Waals surface area (Å²) in [6.45, 7) is 2.04. The van der Waals surface area contributed by atoms with Crippen LogP contribution in [-0.2, 0) is 0 Å². The van der Waals surface area contributed by atoms with Crippen LogP contribution in [-0.4, -0.2) is 12.1 Å². The summed E-state index contributed by atoms with van der Waals surface area (Å²) in [6.07, 6.45) is 6.49. The Kier molecular flexibility index (Phi) is 4.90. The van der Waals surface area contributed by atoms with Crippen molar-refractivity contribution in [2.24, 2.45) is 11.7 Å². The summed E-state index contributed by atoms with van der Waals surface area (Å²) in [5, 5.41) is 0.698. The van der Waals surface area contributed by atoms with E-state index in [2.05, 4.69) is 0 Å². The average molecular weight is 268 g/mol. The third-order valence-electron chi connectivity index (χ3n) is 3.80. The molecule has 1 saturated carbocycles. The molecular formula is C15H22ClNO. The van der Waals surface area contributed by atoms with Gasteiger partial charge in [-0.3, -0.25) is 0 Å². The van der Waals surface area contributed by atoms with Crippen LogP contribution in [0.25, 0.3) is 0 Å². The quantitative estimate of drug-likeness (QED) is 0.875. The number of halogens is 1. The average Bonchev–Trinajstić information content (AvgIpc) is 2.81. The molecule has 0 aliphatic heterocycles. The van der Waals surface area contributed by atoms with Crippen LogP contribution in [0.4, 0.5) is 0 Å². The van der Waals surface area contributed by atoms with Crippen LogP contribution in [0.2, 0.25) is 5.02 Å². The molecule has 0 amide bonds. The molecule has 100 valence electrons. The maximum Gasteiger partial charge on any atom is 0.121 e. The Hall–Kier alpha value is -0.730. The normalized spacial score (nSPS) is 19.7. The largest absolute Gasteiger partial charge is 0.489 e. The van der Waals surface area contributed by atoms with Crippen molar-refractivity contribution < 1.29 is 4.74 Å². The molecule has 2 rings (SSSR count). The Balaban J connectivity index is 1.84. The van der Waals surface area contributed by atoms with Crippen molar-refractivity contribution in [2.45, 2.75) is 51.2 Å². The van der Waals surface area contributed by atoms with Gasteiger partial charge in [-0.25, -0.2) is 0 Å². The first-order valence-electron chi connectivity index (χ1n) is 6.83. The highest BCUT2D eigenvalue weighted by Gasteiger charge is 2.22. The van der Waals surface area contributed by atoms with Gasteiger partial charge in [0, 0.05) is 11.1 Å². The first-order valence-corrected chi connectivity index (χ1v) is 7.21. The van der Waals surface area contributed by atoms with Gasteiger partial charge in [-0.05, 0) is 37.5 Å². The second-order valence-corrected chi connectivity index (χ2v) is 5.77. The summed E-state index contributed by atoms with van der Waals surface area (Å²) >= 11 is 5.93. The number of benzene rings is 1. The molecule has 0 heterocycles. The molecule has 2 atom stereocenters. The number of hydrogen-bond donors (Lipinski definition) is 1. The van der Waals surface area contributed by atoms with Gasteiger partial charge in [0.25, 0.3) is 0 Å². The molecule has 3 heteroatoms. The van der Waals surface area contributed by atoms with E-state index in [0.717, 1.165) is 18.1 Å². The van der Waals surface area contributed by atoms with Crippen LogP contribution in [0, 0.1) is 5.92 Å². The summed E-state index contributed by atoms with van der Waals surface area (Å²) < 4.78 is 5.86. The molecule has 2 nitrogen and oxygen atoms in total. The van der Waals surface area contributed by atoms with Crippen molar-refractivity contribution in [1.29, 1.82) is 0 Å². The van der Waals surface area contributed by atoms with E-state index in [0.29, 0.717) is 5.02 Å². The van der Waals surface area contributed by atoms with E-state index in [4.69, 9.17) is 22.1 Å². The highest BCUT2D eigenvalue weighted by Crippen LogP contribution is 2.29. The van der Waals surface area contributed by atoms with E-state index in [1.54, 1.807) is 0 Å². The molecule has 0 spiro atoms. The van der Waals surface area contributed by atoms with Crippen molar-refractivity contribution in [2.75, 3.05) is 0 Å². The molecule has 2 unspecified atom stereocenters. The van der Waals surface area contributed by atoms with Crippen molar-refractivity contribution in [1.82, 2.24) is 0 Å². The highest BCUT2D eigenvalue weighted by atomic mass is 35.5. The molecule has 1 aliphatic rings. The minimum atomic E-state index is 0.0315. The van der Waals surface area contributed by atoms with E-state index in [1.807, 2.05) is 31.2 Å². The fourth-order valence-corrected chi connectivity index (χ4v) is 2.85. The number of nitrogens with two attached hydrogens (primary N) is 1. The van der Waals surface area contributed by atoms with Crippen molar-refractivity contribution >= 4 is 11.6 Å². The van der Waals surface area contributed by atoms with Crippen LogP contribution in [0.15, 0.2) is 24.3 Å². The van der Waals surface area contributed by atoms with Crippen molar-refractivity contribution in [3.05, 3.63) is 29.3 Å². The Morgan fingerprint density at radius 3 is 2.78 bits per heavy atom. The van der Waals surface area contributed by atoms with Gasteiger partial charge >= 0.3 is 0 Å². The van der Waals surface area contributed by atoms with Crippen molar-refractivity contribution in [3.8, 4) is 5.75 Å². The monoisotopic (exact) mass is 267 g/mol. The lowest BCUT2D eigenvalue weighted by molar-refractivity contribution is 0.174. The van der Waals surface area contributed by atoms with Crippen LogP contribution in [0.5, 0.6) is 5.75 Å². The smallest absolute Gasteiger partial charge is 0.121 e. The zero-order valence-corrected chi connectivity index (χ0v) is 11.7. The Morgan fingerprint density at radius 2 is 2.11 bits per heavy atom. The molecule has 1 fully saturated rings. The maximum absolute atomic E-state index is 6.22. The summed E-state index contributed by atoms with van der Waals surface area (Å²) in [7, 11) is 0. The molecule has 1 aromatic carbocycles. The Labute approximate surface area is 114 Å². The van der Waals surface area contributed by atoms with E-state index in [-0.39, 0.29) is 12.1 Å². The van der Waals surface area contributed by atoms with Crippen LogP contribution < -0.4 is 10.5 Å². The lowest BCUT2D eigenvalue weighted by Gasteiger charge is -2.24. The Morgan fingerprint density at radius 1 is 1.39 bits per heavy atom. The standard InChI is InChI=1S/C15H22ClNO/c1-11(15(17)9-12-5-2-3-6-12)18-14-8-4-7-13(16)10-14/h4,7-8,10-12,15H,2-3,5-6,9,17H2,1H3. The molecule has 2 N–H and O–H groups in total. The van der Waals surface area contributed by atoms with Gasteiger partial charge < -0.3 is 10.5 Å². The highest BCUT2D eigenvalue weighted by molar-refractivity contribution is 6.30. The minimum absolute atomic E-state index is 0.0315. The van der Waals surface area contributed by atoms with Crippen LogP contribution >= 0.6 is 11.6 Å². The third-order valence-corrected chi connectivity index (χ3v) is 4.04. The van der Waals surface area contributed by atoms with Gasteiger partial charge in [-0.2, -0.15) is 0 Å². The number of ether oxygens (including phenoxy) is 1. The van der Waals surface area contributed by atoms with Gasteiger partial charge in [0.1, 0.15) is 11.9 Å². The summed E-state index contributed by atoms with van der Waals surface area (Å²) in [5.41, 5.74) is 6.22. The van der Waals surface area contributed by atoms with Crippen LogP contribution in [0.3, 0.4) is 0 Å². The van der Waals surface area contributed by atoms with Gasteiger partial charge in [-0.15, -0.1) is 0 Å². The summed E-state index contributed by atoms with van der Waals surface area (Å²) in [5.74, 6) is 1.60. The lowest BCUT2D eigenvalue weighted by atomic mass is 9.96. The fraction of sp³-hybridized carbons (Fsp3) is 0.600. The fourth-order valence-electron chi connectivity index (χ4n) is 2.66. The first kappa shape index (κ1) is 13.7. The zero-order valence-electron chi connectivity index (χ0n) is 10.9. The van der Waals surface area contributed by atoms with E-state index >= 15 is 0 Å². The third kappa shape index (κ3) is 3.89. The van der Waals surface area contributed by atoms with Gasteiger partial charge in [0.15, 0.2) is 0 Å². The van der Waals surface area contributed by atoms with Gasteiger partial charge in [0.05, 0.1) is 0 Å². The lowest BCUT2D eigenvalue weighted by Crippen LogP contribution is -2.38. The molecule has 18 heavy (non-hydrogen) atoms. The van der Waals surface area contributed by atoms with Gasteiger partial charge in [0.2, 0.25) is 0 Å².